The van der Waals surface area contributed by atoms with Crippen LogP contribution in [0, 0.1) is 6.92 Å². The van der Waals surface area contributed by atoms with Gasteiger partial charge >= 0.3 is 0 Å². The summed E-state index contributed by atoms with van der Waals surface area (Å²) in [5.41, 5.74) is 0.721. The average molecular weight is 336 g/mol. The molecular formula is C16H18ClN3O3. The van der Waals surface area contributed by atoms with Crippen LogP contribution >= 0.6 is 11.6 Å². The van der Waals surface area contributed by atoms with Gasteiger partial charge in [0.1, 0.15) is 5.75 Å². The number of hydrogen-bond donors (Lipinski definition) is 0. The molecule has 1 fully saturated rings. The predicted molar refractivity (Wildman–Crippen MR) is 84.7 cm³/mol. The fraction of sp³-hybridized carbons (Fsp3) is 0.438. The highest BCUT2D eigenvalue weighted by Crippen LogP contribution is 2.30. The third-order valence-electron chi connectivity index (χ3n) is 4.06. The van der Waals surface area contributed by atoms with Crippen molar-refractivity contribution in [2.24, 2.45) is 0 Å². The number of likely N-dealkylation sites (tertiary alicyclic amines) is 1. The molecule has 1 aliphatic heterocycles. The topological polar surface area (TPSA) is 68.5 Å². The summed E-state index contributed by atoms with van der Waals surface area (Å²) in [6.45, 7) is 3.06. The second-order valence-electron chi connectivity index (χ2n) is 5.60. The number of nitrogens with zero attached hydrogens (tertiary/aromatic N) is 3. The van der Waals surface area contributed by atoms with Crippen LogP contribution in [0.2, 0.25) is 5.02 Å². The fourth-order valence-corrected chi connectivity index (χ4v) is 3.06. The van der Waals surface area contributed by atoms with Gasteiger partial charge in [-0.2, -0.15) is 4.98 Å². The highest BCUT2D eigenvalue weighted by molar-refractivity contribution is 6.31. The molecule has 1 saturated heterocycles. The minimum absolute atomic E-state index is 0.0233. The van der Waals surface area contributed by atoms with E-state index in [1.807, 2.05) is 11.0 Å². The summed E-state index contributed by atoms with van der Waals surface area (Å²) in [4.78, 5) is 18.6. The quantitative estimate of drug-likeness (QED) is 0.859. The molecule has 1 amide bonds. The number of hydrogen-bond acceptors (Lipinski definition) is 5. The van der Waals surface area contributed by atoms with Crippen LogP contribution in [0.3, 0.4) is 0 Å². The van der Waals surface area contributed by atoms with E-state index in [0.717, 1.165) is 12.0 Å². The van der Waals surface area contributed by atoms with Gasteiger partial charge in [0, 0.05) is 23.7 Å². The van der Waals surface area contributed by atoms with Gasteiger partial charge in [-0.15, -0.1) is 0 Å². The van der Waals surface area contributed by atoms with Gasteiger partial charge in [0.25, 0.3) is 0 Å². The molecule has 0 saturated carbocycles. The number of amides is 1. The van der Waals surface area contributed by atoms with Crippen LogP contribution in [0.4, 0.5) is 0 Å². The van der Waals surface area contributed by atoms with Crippen molar-refractivity contribution in [2.75, 3.05) is 20.2 Å². The Morgan fingerprint density at radius 3 is 3.04 bits per heavy atom. The second kappa shape index (κ2) is 6.58. The van der Waals surface area contributed by atoms with E-state index in [2.05, 4.69) is 10.1 Å². The normalized spacial score (nSPS) is 17.5. The van der Waals surface area contributed by atoms with Crippen molar-refractivity contribution in [3.63, 3.8) is 0 Å². The standard InChI is InChI=1S/C16H18ClN3O3/c1-10-18-16(23-19-10)11-6-7-20(9-11)15(21)8-12-13(17)4-3-5-14(12)22-2/h3-5,11H,6-9H2,1-2H3/t11-/m0/s1. The minimum atomic E-state index is 0.0233. The zero-order chi connectivity index (χ0) is 16.4. The number of rotatable bonds is 4. The first kappa shape index (κ1) is 15.8. The summed E-state index contributed by atoms with van der Waals surface area (Å²) < 4.78 is 10.5. The SMILES string of the molecule is COc1cccc(Cl)c1CC(=O)N1CC[C@H](c2nc(C)no2)C1. The lowest BCUT2D eigenvalue weighted by molar-refractivity contribution is -0.129. The van der Waals surface area contributed by atoms with Crippen molar-refractivity contribution in [1.29, 1.82) is 0 Å². The van der Waals surface area contributed by atoms with Gasteiger partial charge in [-0.3, -0.25) is 4.79 Å². The number of aromatic nitrogens is 2. The van der Waals surface area contributed by atoms with E-state index in [-0.39, 0.29) is 18.2 Å². The molecule has 0 unspecified atom stereocenters. The van der Waals surface area contributed by atoms with Crippen molar-refractivity contribution in [3.05, 3.63) is 40.5 Å². The zero-order valence-electron chi connectivity index (χ0n) is 13.1. The Kier molecular flexibility index (Phi) is 4.52. The Hall–Kier alpha value is -2.08. The maximum absolute atomic E-state index is 12.6. The van der Waals surface area contributed by atoms with E-state index < -0.39 is 0 Å². The van der Waals surface area contributed by atoms with Gasteiger partial charge in [-0.05, 0) is 25.5 Å². The van der Waals surface area contributed by atoms with Crippen LogP contribution in [0.15, 0.2) is 22.7 Å². The van der Waals surface area contributed by atoms with Crippen molar-refractivity contribution >= 4 is 17.5 Å². The van der Waals surface area contributed by atoms with Crippen LogP contribution in [-0.2, 0) is 11.2 Å². The molecule has 1 atom stereocenters. The molecule has 0 radical (unpaired) electrons. The number of halogens is 1. The van der Waals surface area contributed by atoms with Gasteiger partial charge in [0.05, 0.1) is 19.4 Å². The molecular weight excluding hydrogens is 318 g/mol. The molecule has 1 aliphatic rings. The first-order chi connectivity index (χ1) is 11.1. The summed E-state index contributed by atoms with van der Waals surface area (Å²) in [5.74, 6) is 1.98. The molecule has 0 aliphatic carbocycles. The molecule has 1 aromatic heterocycles. The van der Waals surface area contributed by atoms with Gasteiger partial charge in [-0.25, -0.2) is 0 Å². The molecule has 3 rings (SSSR count). The monoisotopic (exact) mass is 335 g/mol. The predicted octanol–water partition coefficient (Wildman–Crippen LogP) is 2.60. The largest absolute Gasteiger partial charge is 0.496 e. The lowest BCUT2D eigenvalue weighted by Gasteiger charge is -2.17. The average Bonchev–Trinajstić information content (AvgIpc) is 3.18. The van der Waals surface area contributed by atoms with Gasteiger partial charge in [0.2, 0.25) is 11.8 Å². The van der Waals surface area contributed by atoms with Crippen molar-refractivity contribution < 1.29 is 14.1 Å². The maximum Gasteiger partial charge on any atom is 0.231 e. The van der Waals surface area contributed by atoms with Crippen LogP contribution in [-0.4, -0.2) is 41.1 Å². The molecule has 23 heavy (non-hydrogen) atoms. The van der Waals surface area contributed by atoms with Crippen molar-refractivity contribution in [1.82, 2.24) is 15.0 Å². The van der Waals surface area contributed by atoms with E-state index in [0.29, 0.717) is 35.6 Å². The summed E-state index contributed by atoms with van der Waals surface area (Å²) in [5, 5.41) is 4.35. The Morgan fingerprint density at radius 1 is 1.52 bits per heavy atom. The maximum atomic E-state index is 12.6. The first-order valence-electron chi connectivity index (χ1n) is 7.48. The first-order valence-corrected chi connectivity index (χ1v) is 7.85. The van der Waals surface area contributed by atoms with Gasteiger partial charge in [-0.1, -0.05) is 22.8 Å². The minimum Gasteiger partial charge on any atom is -0.496 e. The molecule has 6 nitrogen and oxygen atoms in total. The lowest BCUT2D eigenvalue weighted by atomic mass is 10.1. The molecule has 2 heterocycles. The third-order valence-corrected chi connectivity index (χ3v) is 4.41. The number of ether oxygens (including phenoxy) is 1. The van der Waals surface area contributed by atoms with E-state index in [9.17, 15) is 4.79 Å². The molecule has 0 spiro atoms. The highest BCUT2D eigenvalue weighted by atomic mass is 35.5. The van der Waals surface area contributed by atoms with Crippen molar-refractivity contribution in [3.8, 4) is 5.75 Å². The van der Waals surface area contributed by atoms with Crippen LogP contribution in [0.1, 0.15) is 29.6 Å². The summed E-state index contributed by atoms with van der Waals surface area (Å²) in [7, 11) is 1.57. The number of benzene rings is 1. The smallest absolute Gasteiger partial charge is 0.231 e. The molecule has 0 bridgehead atoms. The lowest BCUT2D eigenvalue weighted by Crippen LogP contribution is -2.30. The molecule has 2 aromatic rings. The summed E-state index contributed by atoms with van der Waals surface area (Å²) >= 11 is 6.20. The fourth-order valence-electron chi connectivity index (χ4n) is 2.83. The number of carbonyl (C=O) groups is 1. The Bertz CT molecular complexity index is 716. The number of aryl methyl sites for hydroxylation is 1. The second-order valence-corrected chi connectivity index (χ2v) is 6.01. The van der Waals surface area contributed by atoms with E-state index in [1.165, 1.54) is 0 Å². The Balaban J connectivity index is 1.68. The zero-order valence-corrected chi connectivity index (χ0v) is 13.8. The molecule has 1 aromatic carbocycles. The van der Waals surface area contributed by atoms with E-state index in [4.69, 9.17) is 20.9 Å². The van der Waals surface area contributed by atoms with Gasteiger partial charge < -0.3 is 14.2 Å². The van der Waals surface area contributed by atoms with Crippen LogP contribution < -0.4 is 4.74 Å². The molecule has 7 heteroatoms. The molecule has 0 N–H and O–H groups in total. The Morgan fingerprint density at radius 2 is 2.35 bits per heavy atom. The van der Waals surface area contributed by atoms with E-state index >= 15 is 0 Å². The summed E-state index contributed by atoms with van der Waals surface area (Å²) in [6.07, 6.45) is 1.05. The Labute approximate surface area is 139 Å². The number of carbonyl (C=O) groups excluding carboxylic acids is 1. The van der Waals surface area contributed by atoms with Crippen LogP contribution in [0.25, 0.3) is 0 Å². The molecule has 122 valence electrons. The van der Waals surface area contributed by atoms with Gasteiger partial charge in [0.15, 0.2) is 5.82 Å². The van der Waals surface area contributed by atoms with Crippen molar-refractivity contribution in [2.45, 2.75) is 25.7 Å². The summed E-state index contributed by atoms with van der Waals surface area (Å²) in [6, 6.07) is 5.38. The third kappa shape index (κ3) is 3.32. The van der Waals surface area contributed by atoms with Crippen LogP contribution in [0.5, 0.6) is 5.75 Å². The number of methoxy groups -OCH3 is 1. The highest BCUT2D eigenvalue weighted by Gasteiger charge is 2.31. The van der Waals surface area contributed by atoms with E-state index in [1.54, 1.807) is 26.2 Å².